The molecule has 0 saturated carbocycles. The molecular formula is C16H12ClN3O. The second kappa shape index (κ2) is 5.81. The number of carbonyl (C=O) groups is 1. The number of nitrogens with zero attached hydrogens (tertiary/aromatic N) is 1. The molecule has 0 unspecified atom stereocenters. The molecule has 3 aromatic rings. The van der Waals surface area contributed by atoms with E-state index in [0.717, 1.165) is 16.5 Å². The third-order valence-corrected chi connectivity index (χ3v) is 3.44. The number of fused-ring (bicyclic) bond motifs is 1. The van der Waals surface area contributed by atoms with Crippen LogP contribution in [0.25, 0.3) is 10.9 Å². The smallest absolute Gasteiger partial charge is 0.272 e. The molecule has 0 radical (unpaired) electrons. The van der Waals surface area contributed by atoms with Crippen LogP contribution in [0.15, 0.2) is 59.8 Å². The zero-order valence-electron chi connectivity index (χ0n) is 11.0. The van der Waals surface area contributed by atoms with Crippen LogP contribution in [0.3, 0.4) is 0 Å². The van der Waals surface area contributed by atoms with Crippen molar-refractivity contribution in [1.29, 1.82) is 0 Å². The van der Waals surface area contributed by atoms with E-state index in [2.05, 4.69) is 15.5 Å². The van der Waals surface area contributed by atoms with Crippen LogP contribution in [0.4, 0.5) is 0 Å². The van der Waals surface area contributed by atoms with Crippen LogP contribution in [0.5, 0.6) is 0 Å². The topological polar surface area (TPSA) is 57.2 Å². The van der Waals surface area contributed by atoms with E-state index in [-0.39, 0.29) is 5.91 Å². The molecule has 4 nitrogen and oxygen atoms in total. The third-order valence-electron chi connectivity index (χ3n) is 3.11. The Labute approximate surface area is 126 Å². The van der Waals surface area contributed by atoms with Gasteiger partial charge in [0.15, 0.2) is 0 Å². The average Bonchev–Trinajstić information content (AvgIpc) is 2.91. The van der Waals surface area contributed by atoms with Gasteiger partial charge in [0.25, 0.3) is 5.91 Å². The molecule has 1 aromatic heterocycles. The van der Waals surface area contributed by atoms with Gasteiger partial charge in [-0.05, 0) is 18.2 Å². The number of aromatic nitrogens is 1. The Balaban J connectivity index is 1.76. The number of para-hydroxylation sites is 1. The van der Waals surface area contributed by atoms with Crippen LogP contribution >= 0.6 is 11.6 Å². The SMILES string of the molecule is O=C(N/N=C\c1c[nH]c2ccccc12)c1ccccc1Cl. The van der Waals surface area contributed by atoms with Gasteiger partial charge in [0, 0.05) is 22.7 Å². The first-order valence-corrected chi connectivity index (χ1v) is 6.77. The monoisotopic (exact) mass is 297 g/mol. The molecule has 0 saturated heterocycles. The van der Waals surface area contributed by atoms with Gasteiger partial charge >= 0.3 is 0 Å². The largest absolute Gasteiger partial charge is 0.361 e. The van der Waals surface area contributed by atoms with Gasteiger partial charge in [-0.25, -0.2) is 5.43 Å². The maximum absolute atomic E-state index is 11.9. The number of rotatable bonds is 3. The Bertz CT molecular complexity index is 823. The number of hydrogen-bond acceptors (Lipinski definition) is 2. The first kappa shape index (κ1) is 13.4. The van der Waals surface area contributed by atoms with Crippen molar-refractivity contribution in [3.63, 3.8) is 0 Å². The lowest BCUT2D eigenvalue weighted by Gasteiger charge is -2.01. The molecule has 0 aliphatic carbocycles. The Morgan fingerprint density at radius 1 is 1.14 bits per heavy atom. The molecule has 0 aliphatic heterocycles. The van der Waals surface area contributed by atoms with Crippen LogP contribution in [0.1, 0.15) is 15.9 Å². The summed E-state index contributed by atoms with van der Waals surface area (Å²) >= 11 is 5.96. The highest BCUT2D eigenvalue weighted by molar-refractivity contribution is 6.33. The minimum Gasteiger partial charge on any atom is -0.361 e. The summed E-state index contributed by atoms with van der Waals surface area (Å²) < 4.78 is 0. The molecule has 1 heterocycles. The fourth-order valence-electron chi connectivity index (χ4n) is 2.07. The molecule has 0 atom stereocenters. The van der Waals surface area contributed by atoms with Crippen LogP contribution in [-0.4, -0.2) is 17.1 Å². The van der Waals surface area contributed by atoms with E-state index in [1.807, 2.05) is 30.5 Å². The van der Waals surface area contributed by atoms with Crippen LogP contribution in [0.2, 0.25) is 5.02 Å². The van der Waals surface area contributed by atoms with Gasteiger partial charge in [0.2, 0.25) is 0 Å². The molecule has 0 fully saturated rings. The maximum Gasteiger partial charge on any atom is 0.272 e. The molecular weight excluding hydrogens is 286 g/mol. The van der Waals surface area contributed by atoms with Gasteiger partial charge in [0.05, 0.1) is 16.8 Å². The first-order valence-electron chi connectivity index (χ1n) is 6.40. The van der Waals surface area contributed by atoms with E-state index in [0.29, 0.717) is 10.6 Å². The first-order chi connectivity index (χ1) is 10.3. The van der Waals surface area contributed by atoms with Gasteiger partial charge in [-0.15, -0.1) is 0 Å². The number of hydrazone groups is 1. The Morgan fingerprint density at radius 3 is 2.76 bits per heavy atom. The highest BCUT2D eigenvalue weighted by Crippen LogP contribution is 2.16. The zero-order chi connectivity index (χ0) is 14.7. The maximum atomic E-state index is 11.9. The molecule has 0 spiro atoms. The molecule has 5 heteroatoms. The molecule has 3 rings (SSSR count). The number of H-pyrrole nitrogens is 1. The van der Waals surface area contributed by atoms with Gasteiger partial charge < -0.3 is 4.98 Å². The molecule has 1 amide bonds. The van der Waals surface area contributed by atoms with Gasteiger partial charge in [0.1, 0.15) is 0 Å². The lowest BCUT2D eigenvalue weighted by molar-refractivity contribution is 0.0955. The number of hydrogen-bond donors (Lipinski definition) is 2. The van der Waals surface area contributed by atoms with Crippen molar-refractivity contribution >= 4 is 34.6 Å². The zero-order valence-corrected chi connectivity index (χ0v) is 11.8. The lowest BCUT2D eigenvalue weighted by Crippen LogP contribution is -2.17. The molecule has 2 aromatic carbocycles. The van der Waals surface area contributed by atoms with Crippen LogP contribution in [-0.2, 0) is 0 Å². The predicted molar refractivity (Wildman–Crippen MR) is 84.8 cm³/mol. The number of carbonyl (C=O) groups excluding carboxylic acids is 1. The van der Waals surface area contributed by atoms with Crippen LogP contribution in [0, 0.1) is 0 Å². The van der Waals surface area contributed by atoms with E-state index >= 15 is 0 Å². The van der Waals surface area contributed by atoms with Gasteiger partial charge in [-0.2, -0.15) is 5.10 Å². The average molecular weight is 298 g/mol. The summed E-state index contributed by atoms with van der Waals surface area (Å²) in [5.74, 6) is -0.336. The van der Waals surface area contributed by atoms with Gasteiger partial charge in [-0.3, -0.25) is 4.79 Å². The fourth-order valence-corrected chi connectivity index (χ4v) is 2.29. The fraction of sp³-hybridized carbons (Fsp3) is 0. The highest BCUT2D eigenvalue weighted by Gasteiger charge is 2.08. The number of amides is 1. The van der Waals surface area contributed by atoms with Gasteiger partial charge in [-0.1, -0.05) is 41.9 Å². The summed E-state index contributed by atoms with van der Waals surface area (Å²) in [4.78, 5) is 15.1. The highest BCUT2D eigenvalue weighted by atomic mass is 35.5. The quantitative estimate of drug-likeness (QED) is 0.563. The number of nitrogens with one attached hydrogen (secondary N) is 2. The number of benzene rings is 2. The van der Waals surface area contributed by atoms with Crippen molar-refractivity contribution in [2.24, 2.45) is 5.10 Å². The minimum atomic E-state index is -0.336. The van der Waals surface area contributed by atoms with Crippen molar-refractivity contribution in [2.75, 3.05) is 0 Å². The van der Waals surface area contributed by atoms with E-state index < -0.39 is 0 Å². The van der Waals surface area contributed by atoms with Crippen molar-refractivity contribution in [2.45, 2.75) is 0 Å². The number of halogens is 1. The lowest BCUT2D eigenvalue weighted by atomic mass is 10.2. The summed E-state index contributed by atoms with van der Waals surface area (Å²) in [7, 11) is 0. The van der Waals surface area contributed by atoms with E-state index in [1.165, 1.54) is 0 Å². The molecule has 104 valence electrons. The molecule has 0 bridgehead atoms. The van der Waals surface area contributed by atoms with Crippen molar-refractivity contribution < 1.29 is 4.79 Å². The van der Waals surface area contributed by atoms with E-state index in [9.17, 15) is 4.79 Å². The Morgan fingerprint density at radius 2 is 1.90 bits per heavy atom. The Hall–Kier alpha value is -2.59. The summed E-state index contributed by atoms with van der Waals surface area (Å²) in [5, 5.41) is 5.43. The van der Waals surface area contributed by atoms with Crippen molar-refractivity contribution in [3.8, 4) is 0 Å². The van der Waals surface area contributed by atoms with Crippen molar-refractivity contribution in [3.05, 3.63) is 70.9 Å². The molecule has 0 aliphatic rings. The summed E-state index contributed by atoms with van der Waals surface area (Å²) in [5.41, 5.74) is 4.81. The summed E-state index contributed by atoms with van der Waals surface area (Å²) in [6.45, 7) is 0. The summed E-state index contributed by atoms with van der Waals surface area (Å²) in [6, 6.07) is 14.7. The Kier molecular flexibility index (Phi) is 3.71. The third kappa shape index (κ3) is 2.80. The normalized spacial score (nSPS) is 11.1. The van der Waals surface area contributed by atoms with E-state index in [4.69, 9.17) is 11.6 Å². The minimum absolute atomic E-state index is 0.336. The standard InChI is InChI=1S/C16H12ClN3O/c17-14-7-3-1-6-13(14)16(21)20-19-10-11-9-18-15-8-4-2-5-12(11)15/h1-10,18H,(H,20,21)/b19-10-. The van der Waals surface area contributed by atoms with E-state index in [1.54, 1.807) is 30.5 Å². The van der Waals surface area contributed by atoms with Crippen molar-refractivity contribution in [1.82, 2.24) is 10.4 Å². The predicted octanol–water partition coefficient (Wildman–Crippen LogP) is 3.59. The molecule has 21 heavy (non-hydrogen) atoms. The molecule has 2 N–H and O–H groups in total. The second-order valence-electron chi connectivity index (χ2n) is 4.47. The second-order valence-corrected chi connectivity index (χ2v) is 4.88. The van der Waals surface area contributed by atoms with Crippen LogP contribution < -0.4 is 5.43 Å². The summed E-state index contributed by atoms with van der Waals surface area (Å²) in [6.07, 6.45) is 3.45. The number of aromatic amines is 1.